The van der Waals surface area contributed by atoms with Crippen LogP contribution >= 0.6 is 0 Å². The molecular weight excluding hydrogens is 206 g/mol. The standard InChI is InChI=1S/C11H17N3O2/c1-16-8-2-5-13-11(15)14-9-10-3-6-12-7-4-10/h3-4,6-7H,2,5,8-9H2,1H3,(H2,13,14,15). The number of amides is 2. The van der Waals surface area contributed by atoms with Gasteiger partial charge in [-0.3, -0.25) is 4.98 Å². The summed E-state index contributed by atoms with van der Waals surface area (Å²) in [5.41, 5.74) is 1.03. The molecule has 2 N–H and O–H groups in total. The molecule has 1 aromatic heterocycles. The molecule has 0 bridgehead atoms. The lowest BCUT2D eigenvalue weighted by atomic mass is 10.3. The Kier molecular flexibility index (Phi) is 5.95. The molecule has 0 fully saturated rings. The van der Waals surface area contributed by atoms with Crippen molar-refractivity contribution in [3.8, 4) is 0 Å². The summed E-state index contributed by atoms with van der Waals surface area (Å²) in [4.78, 5) is 15.2. The van der Waals surface area contributed by atoms with Crippen molar-refractivity contribution in [2.24, 2.45) is 0 Å². The lowest BCUT2D eigenvalue weighted by molar-refractivity contribution is 0.193. The summed E-state index contributed by atoms with van der Waals surface area (Å²) in [5.74, 6) is 0. The summed E-state index contributed by atoms with van der Waals surface area (Å²) in [5, 5.41) is 5.50. The van der Waals surface area contributed by atoms with E-state index in [0.29, 0.717) is 19.7 Å². The fraction of sp³-hybridized carbons (Fsp3) is 0.455. The van der Waals surface area contributed by atoms with E-state index in [2.05, 4.69) is 15.6 Å². The van der Waals surface area contributed by atoms with E-state index < -0.39 is 0 Å². The third-order valence-corrected chi connectivity index (χ3v) is 2.01. The van der Waals surface area contributed by atoms with E-state index in [9.17, 15) is 4.79 Å². The van der Waals surface area contributed by atoms with Gasteiger partial charge in [-0.25, -0.2) is 4.79 Å². The lowest BCUT2D eigenvalue weighted by Crippen LogP contribution is -2.35. The van der Waals surface area contributed by atoms with Gasteiger partial charge in [-0.1, -0.05) is 0 Å². The third kappa shape index (κ3) is 5.31. The second-order valence-corrected chi connectivity index (χ2v) is 3.31. The highest BCUT2D eigenvalue weighted by molar-refractivity contribution is 5.73. The number of carbonyl (C=O) groups excluding carboxylic acids is 1. The second kappa shape index (κ2) is 7.64. The van der Waals surface area contributed by atoms with Crippen LogP contribution in [0, 0.1) is 0 Å². The van der Waals surface area contributed by atoms with Crippen LogP contribution in [0.2, 0.25) is 0 Å². The largest absolute Gasteiger partial charge is 0.385 e. The van der Waals surface area contributed by atoms with Crippen molar-refractivity contribution in [3.05, 3.63) is 30.1 Å². The van der Waals surface area contributed by atoms with Crippen LogP contribution in [-0.2, 0) is 11.3 Å². The van der Waals surface area contributed by atoms with E-state index in [-0.39, 0.29) is 6.03 Å². The van der Waals surface area contributed by atoms with Crippen molar-refractivity contribution in [1.29, 1.82) is 0 Å². The number of methoxy groups -OCH3 is 1. The first-order valence-corrected chi connectivity index (χ1v) is 5.22. The first-order valence-electron chi connectivity index (χ1n) is 5.22. The maximum atomic E-state index is 11.3. The van der Waals surface area contributed by atoms with E-state index in [1.54, 1.807) is 19.5 Å². The van der Waals surface area contributed by atoms with E-state index in [4.69, 9.17) is 4.74 Å². The molecule has 88 valence electrons. The number of aromatic nitrogens is 1. The van der Waals surface area contributed by atoms with Gasteiger partial charge in [0.05, 0.1) is 0 Å². The Hall–Kier alpha value is -1.62. The van der Waals surface area contributed by atoms with Crippen molar-refractivity contribution in [2.75, 3.05) is 20.3 Å². The van der Waals surface area contributed by atoms with E-state index in [1.165, 1.54) is 0 Å². The van der Waals surface area contributed by atoms with Crippen LogP contribution in [0.3, 0.4) is 0 Å². The predicted molar refractivity (Wildman–Crippen MR) is 61.0 cm³/mol. The molecule has 1 heterocycles. The van der Waals surface area contributed by atoms with Crippen molar-refractivity contribution >= 4 is 6.03 Å². The Morgan fingerprint density at radius 3 is 2.81 bits per heavy atom. The van der Waals surface area contributed by atoms with Gasteiger partial charge >= 0.3 is 6.03 Å². The Morgan fingerprint density at radius 1 is 1.38 bits per heavy atom. The number of ether oxygens (including phenoxy) is 1. The summed E-state index contributed by atoms with van der Waals surface area (Å²) in [6.07, 6.45) is 4.22. The molecule has 0 aliphatic heterocycles. The maximum Gasteiger partial charge on any atom is 0.315 e. The Balaban J connectivity index is 2.11. The lowest BCUT2D eigenvalue weighted by Gasteiger charge is -2.07. The van der Waals surface area contributed by atoms with Crippen LogP contribution in [-0.4, -0.2) is 31.3 Å². The molecule has 0 saturated heterocycles. The zero-order valence-electron chi connectivity index (χ0n) is 9.40. The van der Waals surface area contributed by atoms with Gasteiger partial charge in [0, 0.05) is 39.2 Å². The molecule has 2 amide bonds. The van der Waals surface area contributed by atoms with E-state index in [0.717, 1.165) is 12.0 Å². The van der Waals surface area contributed by atoms with E-state index >= 15 is 0 Å². The van der Waals surface area contributed by atoms with Gasteiger partial charge in [-0.2, -0.15) is 0 Å². The third-order valence-electron chi connectivity index (χ3n) is 2.01. The molecule has 5 nitrogen and oxygen atoms in total. The van der Waals surface area contributed by atoms with Crippen LogP contribution in [0.1, 0.15) is 12.0 Å². The second-order valence-electron chi connectivity index (χ2n) is 3.31. The fourth-order valence-electron chi connectivity index (χ4n) is 1.16. The number of carbonyl (C=O) groups is 1. The minimum Gasteiger partial charge on any atom is -0.385 e. The number of urea groups is 1. The molecule has 1 rings (SSSR count). The Bertz CT molecular complexity index is 303. The summed E-state index contributed by atoms with van der Waals surface area (Å²) in [6, 6.07) is 3.57. The van der Waals surface area contributed by atoms with Gasteiger partial charge in [0.1, 0.15) is 0 Å². The summed E-state index contributed by atoms with van der Waals surface area (Å²) >= 11 is 0. The zero-order chi connectivity index (χ0) is 11.6. The van der Waals surface area contributed by atoms with Crippen molar-refractivity contribution in [1.82, 2.24) is 15.6 Å². The zero-order valence-corrected chi connectivity index (χ0v) is 9.40. The average Bonchev–Trinajstić information content (AvgIpc) is 2.33. The number of rotatable bonds is 6. The summed E-state index contributed by atoms with van der Waals surface area (Å²) in [6.45, 7) is 1.79. The van der Waals surface area contributed by atoms with E-state index in [1.807, 2.05) is 12.1 Å². The number of nitrogens with one attached hydrogen (secondary N) is 2. The highest BCUT2D eigenvalue weighted by atomic mass is 16.5. The first kappa shape index (κ1) is 12.4. The van der Waals surface area contributed by atoms with Crippen molar-refractivity contribution < 1.29 is 9.53 Å². The summed E-state index contributed by atoms with van der Waals surface area (Å²) < 4.78 is 4.87. The molecule has 0 aliphatic rings. The molecule has 1 aromatic rings. The van der Waals surface area contributed by atoms with Gasteiger partial charge in [-0.05, 0) is 24.1 Å². The highest BCUT2D eigenvalue weighted by Crippen LogP contribution is 1.94. The normalized spacial score (nSPS) is 9.81. The average molecular weight is 223 g/mol. The Morgan fingerprint density at radius 2 is 2.12 bits per heavy atom. The topological polar surface area (TPSA) is 63.2 Å². The minimum atomic E-state index is -0.159. The Labute approximate surface area is 95.2 Å². The molecule has 0 aliphatic carbocycles. The van der Waals surface area contributed by atoms with Gasteiger partial charge in [0.25, 0.3) is 0 Å². The molecule has 5 heteroatoms. The van der Waals surface area contributed by atoms with Crippen LogP contribution in [0.5, 0.6) is 0 Å². The molecule has 16 heavy (non-hydrogen) atoms. The number of hydrogen-bond donors (Lipinski definition) is 2. The smallest absolute Gasteiger partial charge is 0.315 e. The van der Waals surface area contributed by atoms with Gasteiger partial charge in [0.2, 0.25) is 0 Å². The van der Waals surface area contributed by atoms with Crippen LogP contribution in [0.4, 0.5) is 4.79 Å². The summed E-state index contributed by atoms with van der Waals surface area (Å²) in [7, 11) is 1.64. The van der Waals surface area contributed by atoms with Crippen LogP contribution in [0.15, 0.2) is 24.5 Å². The monoisotopic (exact) mass is 223 g/mol. The molecule has 0 saturated carbocycles. The minimum absolute atomic E-state index is 0.159. The number of nitrogens with zero attached hydrogens (tertiary/aromatic N) is 1. The molecule has 0 atom stereocenters. The van der Waals surface area contributed by atoms with Crippen molar-refractivity contribution in [2.45, 2.75) is 13.0 Å². The fourth-order valence-corrected chi connectivity index (χ4v) is 1.16. The molecule has 0 spiro atoms. The first-order chi connectivity index (χ1) is 7.83. The van der Waals surface area contributed by atoms with Gasteiger partial charge in [0.15, 0.2) is 0 Å². The predicted octanol–water partition coefficient (Wildman–Crippen LogP) is 0.917. The number of pyridine rings is 1. The SMILES string of the molecule is COCCCNC(=O)NCc1ccncc1. The van der Waals surface area contributed by atoms with Crippen LogP contribution in [0.25, 0.3) is 0 Å². The highest BCUT2D eigenvalue weighted by Gasteiger charge is 1.98. The molecular formula is C11H17N3O2. The van der Waals surface area contributed by atoms with Gasteiger partial charge < -0.3 is 15.4 Å². The molecule has 0 unspecified atom stereocenters. The molecule has 0 aromatic carbocycles. The number of hydrogen-bond acceptors (Lipinski definition) is 3. The quantitative estimate of drug-likeness (QED) is 0.705. The maximum absolute atomic E-state index is 11.3. The van der Waals surface area contributed by atoms with Gasteiger partial charge in [-0.15, -0.1) is 0 Å². The van der Waals surface area contributed by atoms with Crippen molar-refractivity contribution in [3.63, 3.8) is 0 Å². The van der Waals surface area contributed by atoms with Crippen LogP contribution < -0.4 is 10.6 Å². The molecule has 0 radical (unpaired) electrons.